The summed E-state index contributed by atoms with van der Waals surface area (Å²) < 4.78 is 28.8. The van der Waals surface area contributed by atoms with Gasteiger partial charge in [-0.1, -0.05) is 72.9 Å². The molecule has 0 aliphatic heterocycles. The number of benzene rings is 3. The molecule has 10 heteroatoms. The van der Waals surface area contributed by atoms with Crippen LogP contribution in [-0.2, 0) is 26.2 Å². The summed E-state index contributed by atoms with van der Waals surface area (Å²) in [7, 11) is -4.15. The summed E-state index contributed by atoms with van der Waals surface area (Å²) in [5.74, 6) is -0.857. The zero-order valence-electron chi connectivity index (χ0n) is 22.2. The van der Waals surface area contributed by atoms with Gasteiger partial charge >= 0.3 is 0 Å². The van der Waals surface area contributed by atoms with Gasteiger partial charge in [-0.05, 0) is 67.8 Å². The average molecular weight is 591 g/mol. The summed E-state index contributed by atoms with van der Waals surface area (Å²) in [4.78, 5) is 28.4. The molecule has 0 saturated heterocycles. The van der Waals surface area contributed by atoms with E-state index in [1.54, 1.807) is 68.4 Å². The summed E-state index contributed by atoms with van der Waals surface area (Å²) in [6, 6.07) is 18.9. The molecule has 0 aliphatic rings. The monoisotopic (exact) mass is 589 g/mol. The van der Waals surface area contributed by atoms with Crippen LogP contribution in [0, 0.1) is 6.92 Å². The van der Waals surface area contributed by atoms with Crippen molar-refractivity contribution in [1.29, 1.82) is 0 Å². The Morgan fingerprint density at radius 2 is 1.59 bits per heavy atom. The van der Waals surface area contributed by atoms with Crippen LogP contribution in [0.4, 0.5) is 5.69 Å². The molecule has 3 aromatic carbocycles. The van der Waals surface area contributed by atoms with E-state index in [0.717, 1.165) is 22.7 Å². The Bertz CT molecular complexity index is 1380. The van der Waals surface area contributed by atoms with Crippen molar-refractivity contribution in [2.24, 2.45) is 0 Å². The van der Waals surface area contributed by atoms with Crippen molar-refractivity contribution < 1.29 is 18.0 Å². The van der Waals surface area contributed by atoms with Gasteiger partial charge in [-0.3, -0.25) is 13.9 Å². The van der Waals surface area contributed by atoms with Crippen LogP contribution in [0.25, 0.3) is 0 Å². The number of amides is 2. The highest BCUT2D eigenvalue weighted by atomic mass is 35.5. The van der Waals surface area contributed by atoms with E-state index in [1.807, 2.05) is 6.92 Å². The van der Waals surface area contributed by atoms with Crippen LogP contribution in [-0.4, -0.2) is 44.3 Å². The predicted octanol–water partition coefficient (Wildman–Crippen LogP) is 5.83. The van der Waals surface area contributed by atoms with Crippen molar-refractivity contribution in [3.8, 4) is 0 Å². The van der Waals surface area contributed by atoms with Gasteiger partial charge in [0, 0.05) is 23.1 Å². The second-order valence-electron chi connectivity index (χ2n) is 9.22. The molecule has 0 saturated carbocycles. The third kappa shape index (κ3) is 7.97. The molecule has 3 rings (SSSR count). The number of unbranched alkanes of at least 4 members (excludes halogenated alkanes) is 1. The van der Waals surface area contributed by atoms with Gasteiger partial charge in [0.25, 0.3) is 10.0 Å². The van der Waals surface area contributed by atoms with Crippen LogP contribution in [0.3, 0.4) is 0 Å². The SMILES string of the molecule is CCCCNC(=O)C(C)N(Cc1ccc(Cl)cc1)C(=O)CN(c1cc(Cl)ccc1C)S(=O)(=O)c1ccccc1. The van der Waals surface area contributed by atoms with Gasteiger partial charge in [0.2, 0.25) is 11.8 Å². The van der Waals surface area contributed by atoms with E-state index in [2.05, 4.69) is 5.32 Å². The Balaban J connectivity index is 2.02. The lowest BCUT2D eigenvalue weighted by molar-refractivity contribution is -0.139. The van der Waals surface area contributed by atoms with E-state index in [1.165, 1.54) is 23.1 Å². The van der Waals surface area contributed by atoms with Gasteiger partial charge in [-0.25, -0.2) is 8.42 Å². The van der Waals surface area contributed by atoms with Gasteiger partial charge in [-0.15, -0.1) is 0 Å². The van der Waals surface area contributed by atoms with Gasteiger partial charge in [0.1, 0.15) is 12.6 Å². The van der Waals surface area contributed by atoms with Crippen molar-refractivity contribution in [2.45, 2.75) is 51.1 Å². The van der Waals surface area contributed by atoms with E-state index in [4.69, 9.17) is 23.2 Å². The number of sulfonamides is 1. The number of hydrogen-bond acceptors (Lipinski definition) is 4. The third-order valence-electron chi connectivity index (χ3n) is 6.31. The number of nitrogens with zero attached hydrogens (tertiary/aromatic N) is 2. The smallest absolute Gasteiger partial charge is 0.264 e. The van der Waals surface area contributed by atoms with Crippen molar-refractivity contribution >= 4 is 50.7 Å². The van der Waals surface area contributed by atoms with E-state index < -0.39 is 28.5 Å². The summed E-state index contributed by atoms with van der Waals surface area (Å²) in [6.45, 7) is 5.45. The highest BCUT2D eigenvalue weighted by Gasteiger charge is 2.33. The number of carbonyl (C=O) groups is 2. The summed E-state index contributed by atoms with van der Waals surface area (Å²) in [6.07, 6.45) is 1.72. The number of rotatable bonds is 12. The zero-order chi connectivity index (χ0) is 28.6. The maximum Gasteiger partial charge on any atom is 0.264 e. The van der Waals surface area contributed by atoms with Crippen LogP contribution in [0.2, 0.25) is 10.0 Å². The van der Waals surface area contributed by atoms with Gasteiger partial charge in [-0.2, -0.15) is 0 Å². The summed E-state index contributed by atoms with van der Waals surface area (Å²) in [5.41, 5.74) is 1.66. The second kappa shape index (κ2) is 13.8. The van der Waals surface area contributed by atoms with Crippen molar-refractivity contribution in [3.05, 3.63) is 94.0 Å². The van der Waals surface area contributed by atoms with Gasteiger partial charge in [0.05, 0.1) is 10.6 Å². The van der Waals surface area contributed by atoms with Crippen LogP contribution < -0.4 is 9.62 Å². The lowest BCUT2D eigenvalue weighted by atomic mass is 10.1. The molecule has 1 N–H and O–H groups in total. The molecule has 0 bridgehead atoms. The Morgan fingerprint density at radius 3 is 2.23 bits per heavy atom. The highest BCUT2D eigenvalue weighted by molar-refractivity contribution is 7.92. The fraction of sp³-hybridized carbons (Fsp3) is 0.310. The molecular weight excluding hydrogens is 557 g/mol. The first-order chi connectivity index (χ1) is 18.5. The average Bonchev–Trinajstić information content (AvgIpc) is 2.92. The number of hydrogen-bond donors (Lipinski definition) is 1. The number of carbonyl (C=O) groups excluding carboxylic acids is 2. The molecule has 0 aromatic heterocycles. The molecule has 0 radical (unpaired) electrons. The minimum atomic E-state index is -4.15. The fourth-order valence-corrected chi connectivity index (χ4v) is 5.77. The maximum absolute atomic E-state index is 13.9. The minimum Gasteiger partial charge on any atom is -0.354 e. The molecule has 208 valence electrons. The maximum atomic E-state index is 13.9. The van der Waals surface area contributed by atoms with E-state index >= 15 is 0 Å². The largest absolute Gasteiger partial charge is 0.354 e. The lowest BCUT2D eigenvalue weighted by Crippen LogP contribution is -2.51. The molecule has 3 aromatic rings. The molecule has 0 spiro atoms. The topological polar surface area (TPSA) is 86.8 Å². The molecular formula is C29H33Cl2N3O4S. The normalized spacial score (nSPS) is 12.0. The second-order valence-corrected chi connectivity index (χ2v) is 12.0. The lowest BCUT2D eigenvalue weighted by Gasteiger charge is -2.32. The molecule has 2 amide bonds. The van der Waals surface area contributed by atoms with E-state index in [0.29, 0.717) is 22.2 Å². The van der Waals surface area contributed by atoms with Crippen molar-refractivity contribution in [3.63, 3.8) is 0 Å². The summed E-state index contributed by atoms with van der Waals surface area (Å²) >= 11 is 12.3. The minimum absolute atomic E-state index is 0.0341. The molecule has 1 atom stereocenters. The van der Waals surface area contributed by atoms with Gasteiger partial charge in [0.15, 0.2) is 0 Å². The first kappa shape index (κ1) is 30.5. The number of nitrogens with one attached hydrogen (secondary N) is 1. The van der Waals surface area contributed by atoms with Crippen LogP contribution >= 0.6 is 23.2 Å². The van der Waals surface area contributed by atoms with Crippen molar-refractivity contribution in [1.82, 2.24) is 10.2 Å². The van der Waals surface area contributed by atoms with Crippen LogP contribution in [0.5, 0.6) is 0 Å². The number of halogens is 2. The Hall–Kier alpha value is -3.07. The molecule has 0 fully saturated rings. The van der Waals surface area contributed by atoms with Crippen molar-refractivity contribution in [2.75, 3.05) is 17.4 Å². The molecule has 0 heterocycles. The summed E-state index contributed by atoms with van der Waals surface area (Å²) in [5, 5.41) is 3.74. The van der Waals surface area contributed by atoms with Gasteiger partial charge < -0.3 is 10.2 Å². The fourth-order valence-electron chi connectivity index (χ4n) is 3.99. The number of aryl methyl sites for hydroxylation is 1. The van der Waals surface area contributed by atoms with E-state index in [9.17, 15) is 18.0 Å². The van der Waals surface area contributed by atoms with Crippen LogP contribution in [0.1, 0.15) is 37.8 Å². The first-order valence-corrected chi connectivity index (χ1v) is 14.9. The predicted molar refractivity (Wildman–Crippen MR) is 157 cm³/mol. The molecule has 1 unspecified atom stereocenters. The molecule has 7 nitrogen and oxygen atoms in total. The first-order valence-electron chi connectivity index (χ1n) is 12.7. The molecule has 39 heavy (non-hydrogen) atoms. The Labute approximate surface area is 240 Å². The van der Waals surface area contributed by atoms with Crippen LogP contribution in [0.15, 0.2) is 77.7 Å². The number of anilines is 1. The highest BCUT2D eigenvalue weighted by Crippen LogP contribution is 2.30. The Morgan fingerprint density at radius 1 is 0.949 bits per heavy atom. The Kier molecular flexibility index (Phi) is 10.8. The standard InChI is InChI=1S/C29H33Cl2N3O4S/c1-4-5-17-32-29(36)22(3)33(19-23-12-15-24(30)16-13-23)28(35)20-34(27-18-25(31)14-11-21(27)2)39(37,38)26-9-7-6-8-10-26/h6-16,18,22H,4-5,17,19-20H2,1-3H3,(H,32,36). The quantitative estimate of drug-likeness (QED) is 0.269. The molecule has 0 aliphatic carbocycles. The zero-order valence-corrected chi connectivity index (χ0v) is 24.6. The third-order valence-corrected chi connectivity index (χ3v) is 8.57. The van der Waals surface area contributed by atoms with E-state index in [-0.39, 0.29) is 23.0 Å².